The van der Waals surface area contributed by atoms with Crippen LogP contribution < -0.4 is 0 Å². The monoisotopic (exact) mass is 228 g/mol. The molecule has 0 aliphatic carbocycles. The number of nitriles is 1. The average Bonchev–Trinajstić information content (AvgIpc) is 2.78. The molecule has 0 bridgehead atoms. The second-order valence-electron chi connectivity index (χ2n) is 3.31. The Balaban J connectivity index is 2.41. The van der Waals surface area contributed by atoms with Crippen molar-refractivity contribution in [1.82, 2.24) is 4.98 Å². The summed E-state index contributed by atoms with van der Waals surface area (Å²) >= 11 is 5.88. The zero-order chi connectivity index (χ0) is 11.4. The molecule has 1 aromatic heterocycles. The molecule has 16 heavy (non-hydrogen) atoms. The Morgan fingerprint density at radius 2 is 2.19 bits per heavy atom. The summed E-state index contributed by atoms with van der Waals surface area (Å²) in [5, 5.41) is 9.72. The van der Waals surface area contributed by atoms with Gasteiger partial charge in [0.05, 0.1) is 11.6 Å². The van der Waals surface area contributed by atoms with Crippen LogP contribution in [0.2, 0.25) is 5.02 Å². The number of aromatic nitrogens is 1. The van der Waals surface area contributed by atoms with Crippen molar-refractivity contribution < 1.29 is 0 Å². The van der Waals surface area contributed by atoms with Crippen LogP contribution in [0.5, 0.6) is 0 Å². The van der Waals surface area contributed by atoms with Crippen LogP contribution in [0.25, 0.3) is 11.6 Å². The quantitative estimate of drug-likeness (QED) is 0.782. The van der Waals surface area contributed by atoms with E-state index in [1.165, 1.54) is 0 Å². The number of allylic oxidation sites excluding steroid dienone is 1. The molecule has 0 radical (unpaired) electrons. The molecular formula is C13H9ClN2. The van der Waals surface area contributed by atoms with E-state index in [4.69, 9.17) is 16.9 Å². The first-order valence-electron chi connectivity index (χ1n) is 4.81. The summed E-state index contributed by atoms with van der Waals surface area (Å²) < 4.78 is 0. The van der Waals surface area contributed by atoms with Gasteiger partial charge in [0.15, 0.2) is 0 Å². The maximum absolute atomic E-state index is 9.09. The molecule has 2 rings (SSSR count). The number of benzene rings is 1. The number of H-pyrrole nitrogens is 1. The maximum atomic E-state index is 9.09. The van der Waals surface area contributed by atoms with Gasteiger partial charge in [0, 0.05) is 16.9 Å². The van der Waals surface area contributed by atoms with Crippen LogP contribution in [-0.4, -0.2) is 4.98 Å². The second kappa shape index (κ2) is 4.69. The molecule has 0 saturated carbocycles. The van der Waals surface area contributed by atoms with Gasteiger partial charge in [-0.05, 0) is 35.9 Å². The molecule has 0 amide bonds. The smallest absolute Gasteiger partial charge is 0.0998 e. The Kier molecular flexibility index (Phi) is 3.09. The van der Waals surface area contributed by atoms with Gasteiger partial charge in [-0.3, -0.25) is 0 Å². The van der Waals surface area contributed by atoms with Crippen molar-refractivity contribution in [1.29, 1.82) is 5.26 Å². The predicted molar refractivity (Wildman–Crippen MR) is 65.7 cm³/mol. The van der Waals surface area contributed by atoms with Gasteiger partial charge in [0.25, 0.3) is 0 Å². The first-order chi connectivity index (χ1) is 7.79. The van der Waals surface area contributed by atoms with Crippen LogP contribution in [-0.2, 0) is 0 Å². The summed E-state index contributed by atoms with van der Waals surface area (Å²) in [5.41, 5.74) is 2.31. The predicted octanol–water partition coefficient (Wildman–Crippen LogP) is 3.73. The van der Waals surface area contributed by atoms with Crippen molar-refractivity contribution in [2.24, 2.45) is 0 Å². The molecule has 2 aromatic rings. The summed E-state index contributed by atoms with van der Waals surface area (Å²) in [4.78, 5) is 3.03. The molecule has 0 fully saturated rings. The van der Waals surface area contributed by atoms with E-state index in [0.717, 1.165) is 11.3 Å². The summed E-state index contributed by atoms with van der Waals surface area (Å²) in [6, 6.07) is 13.2. The van der Waals surface area contributed by atoms with E-state index in [9.17, 15) is 0 Å². The van der Waals surface area contributed by atoms with Crippen molar-refractivity contribution in [3.05, 3.63) is 58.9 Å². The van der Waals surface area contributed by atoms with Gasteiger partial charge in [-0.1, -0.05) is 23.7 Å². The first-order valence-corrected chi connectivity index (χ1v) is 5.18. The standard InChI is InChI=1S/C13H9ClN2/c14-12-4-1-3-10(7-12)11(9-15)8-13-5-2-6-16-13/h1-8,16H/b11-8+. The number of nitrogens with one attached hydrogen (secondary N) is 1. The number of rotatable bonds is 2. The van der Waals surface area contributed by atoms with E-state index in [0.29, 0.717) is 10.6 Å². The van der Waals surface area contributed by atoms with Gasteiger partial charge < -0.3 is 4.98 Å². The van der Waals surface area contributed by atoms with Crippen LogP contribution in [0.3, 0.4) is 0 Å². The Bertz CT molecular complexity index is 548. The van der Waals surface area contributed by atoms with E-state index in [1.807, 2.05) is 30.5 Å². The summed E-state index contributed by atoms with van der Waals surface area (Å²) in [6.07, 6.45) is 3.62. The molecule has 78 valence electrons. The van der Waals surface area contributed by atoms with Gasteiger partial charge in [-0.25, -0.2) is 0 Å². The topological polar surface area (TPSA) is 39.6 Å². The van der Waals surface area contributed by atoms with Gasteiger partial charge in [-0.15, -0.1) is 0 Å². The molecule has 1 N–H and O–H groups in total. The third-order valence-corrected chi connectivity index (χ3v) is 2.41. The molecule has 0 spiro atoms. The number of aromatic amines is 1. The third-order valence-electron chi connectivity index (χ3n) is 2.18. The normalized spacial score (nSPS) is 11.1. The summed E-state index contributed by atoms with van der Waals surface area (Å²) in [6.45, 7) is 0. The lowest BCUT2D eigenvalue weighted by molar-refractivity contribution is 1.38. The lowest BCUT2D eigenvalue weighted by atomic mass is 10.1. The van der Waals surface area contributed by atoms with Crippen LogP contribution >= 0.6 is 11.6 Å². The molecule has 0 aliphatic heterocycles. The fourth-order valence-corrected chi connectivity index (χ4v) is 1.62. The average molecular weight is 229 g/mol. The molecule has 1 heterocycles. The zero-order valence-electron chi connectivity index (χ0n) is 8.44. The van der Waals surface area contributed by atoms with E-state index < -0.39 is 0 Å². The van der Waals surface area contributed by atoms with Crippen LogP contribution in [0.1, 0.15) is 11.3 Å². The summed E-state index contributed by atoms with van der Waals surface area (Å²) in [5.74, 6) is 0. The van der Waals surface area contributed by atoms with Crippen molar-refractivity contribution in [3.63, 3.8) is 0 Å². The van der Waals surface area contributed by atoms with Gasteiger partial charge in [-0.2, -0.15) is 5.26 Å². The van der Waals surface area contributed by atoms with Gasteiger partial charge in [0.2, 0.25) is 0 Å². The second-order valence-corrected chi connectivity index (χ2v) is 3.74. The highest BCUT2D eigenvalue weighted by atomic mass is 35.5. The highest BCUT2D eigenvalue weighted by molar-refractivity contribution is 6.30. The number of hydrogen-bond donors (Lipinski definition) is 1. The van der Waals surface area contributed by atoms with Crippen molar-refractivity contribution in [2.75, 3.05) is 0 Å². The van der Waals surface area contributed by atoms with Crippen molar-refractivity contribution in [2.45, 2.75) is 0 Å². The number of halogens is 1. The molecule has 0 atom stereocenters. The van der Waals surface area contributed by atoms with Crippen molar-refractivity contribution in [3.8, 4) is 6.07 Å². The molecule has 0 unspecified atom stereocenters. The minimum absolute atomic E-state index is 0.588. The molecule has 0 saturated heterocycles. The number of nitrogens with zero attached hydrogens (tertiary/aromatic N) is 1. The SMILES string of the molecule is N#C/C(=C\c1ccc[nH]1)c1cccc(Cl)c1. The zero-order valence-corrected chi connectivity index (χ0v) is 9.20. The molecular weight excluding hydrogens is 220 g/mol. The third kappa shape index (κ3) is 2.33. The maximum Gasteiger partial charge on any atom is 0.0998 e. The van der Waals surface area contributed by atoms with Crippen molar-refractivity contribution >= 4 is 23.3 Å². The Morgan fingerprint density at radius 1 is 1.31 bits per heavy atom. The lowest BCUT2D eigenvalue weighted by Gasteiger charge is -1.99. The van der Waals surface area contributed by atoms with Gasteiger partial charge in [0.1, 0.15) is 0 Å². The minimum Gasteiger partial charge on any atom is -0.362 e. The summed E-state index contributed by atoms with van der Waals surface area (Å²) in [7, 11) is 0. The van der Waals surface area contributed by atoms with E-state index >= 15 is 0 Å². The molecule has 0 aliphatic rings. The Morgan fingerprint density at radius 3 is 2.81 bits per heavy atom. The van der Waals surface area contributed by atoms with Crippen LogP contribution in [0.4, 0.5) is 0 Å². The largest absolute Gasteiger partial charge is 0.362 e. The number of hydrogen-bond acceptors (Lipinski definition) is 1. The highest BCUT2D eigenvalue weighted by Crippen LogP contribution is 2.20. The van der Waals surface area contributed by atoms with Crippen LogP contribution in [0, 0.1) is 11.3 Å². The van der Waals surface area contributed by atoms with E-state index in [2.05, 4.69) is 11.1 Å². The van der Waals surface area contributed by atoms with E-state index in [1.54, 1.807) is 18.2 Å². The molecule has 2 nitrogen and oxygen atoms in total. The highest BCUT2D eigenvalue weighted by Gasteiger charge is 2.01. The minimum atomic E-state index is 0.588. The Hall–Kier alpha value is -1.98. The van der Waals surface area contributed by atoms with E-state index in [-0.39, 0.29) is 0 Å². The lowest BCUT2D eigenvalue weighted by Crippen LogP contribution is -1.81. The van der Waals surface area contributed by atoms with Crippen LogP contribution in [0.15, 0.2) is 42.6 Å². The Labute approximate surface area is 98.8 Å². The fourth-order valence-electron chi connectivity index (χ4n) is 1.43. The molecule has 3 heteroatoms. The van der Waals surface area contributed by atoms with Gasteiger partial charge >= 0.3 is 0 Å². The molecule has 1 aromatic carbocycles. The fraction of sp³-hybridized carbons (Fsp3) is 0. The first kappa shape index (κ1) is 10.5.